The molecular weight excluding hydrogens is 234 g/mol. The lowest BCUT2D eigenvalue weighted by Gasteiger charge is -2.36. The minimum absolute atomic E-state index is 0.651. The summed E-state index contributed by atoms with van der Waals surface area (Å²) in [5.74, 6) is 0. The maximum Gasteiger partial charge on any atom is 0.0741 e. The molecule has 1 aromatic rings. The minimum atomic E-state index is 0.651. The molecule has 1 heterocycles. The van der Waals surface area contributed by atoms with E-state index in [1.54, 1.807) is 0 Å². The van der Waals surface area contributed by atoms with Crippen LogP contribution in [0.1, 0.15) is 13.3 Å². The maximum absolute atomic E-state index is 6.05. The first-order chi connectivity index (χ1) is 8.22. The topological polar surface area (TPSA) is 32.5 Å². The van der Waals surface area contributed by atoms with Crippen LogP contribution in [0.15, 0.2) is 18.2 Å². The first-order valence-electron chi connectivity index (χ1n) is 6.23. The number of nitrogens with zero attached hydrogens (tertiary/aromatic N) is 2. The minimum Gasteiger partial charge on any atom is -0.396 e. The predicted octanol–water partition coefficient (Wildman–Crippen LogP) is 2.45. The summed E-state index contributed by atoms with van der Waals surface area (Å²) in [5, 5.41) is 0.651. The molecule has 1 fully saturated rings. The molecule has 0 aliphatic carbocycles. The first kappa shape index (κ1) is 12.5. The molecule has 3 nitrogen and oxygen atoms in total. The van der Waals surface area contributed by atoms with E-state index in [-0.39, 0.29) is 0 Å². The number of nitrogens with two attached hydrogens (primary N) is 1. The number of rotatable bonds is 3. The Morgan fingerprint density at radius 1 is 1.24 bits per heavy atom. The van der Waals surface area contributed by atoms with Crippen LogP contribution in [0.5, 0.6) is 0 Å². The van der Waals surface area contributed by atoms with Crippen molar-refractivity contribution in [1.29, 1.82) is 0 Å². The number of para-hydroxylation sites is 1. The van der Waals surface area contributed by atoms with Gasteiger partial charge in [0.05, 0.1) is 16.4 Å². The smallest absolute Gasteiger partial charge is 0.0741 e. The van der Waals surface area contributed by atoms with Crippen LogP contribution in [0.25, 0.3) is 0 Å². The normalized spacial score (nSPS) is 17.4. The van der Waals surface area contributed by atoms with Gasteiger partial charge in [0.25, 0.3) is 0 Å². The van der Waals surface area contributed by atoms with E-state index in [1.165, 1.54) is 13.0 Å². The Balaban J connectivity index is 2.03. The van der Waals surface area contributed by atoms with Gasteiger partial charge in [-0.15, -0.1) is 0 Å². The van der Waals surface area contributed by atoms with Crippen molar-refractivity contribution >= 4 is 23.0 Å². The van der Waals surface area contributed by atoms with Crippen molar-refractivity contribution in [2.75, 3.05) is 43.4 Å². The van der Waals surface area contributed by atoms with Gasteiger partial charge >= 0.3 is 0 Å². The average Bonchev–Trinajstić information content (AvgIpc) is 2.34. The molecule has 1 aliphatic heterocycles. The van der Waals surface area contributed by atoms with Gasteiger partial charge in [-0.3, -0.25) is 4.90 Å². The molecule has 1 aromatic carbocycles. The first-order valence-corrected chi connectivity index (χ1v) is 6.61. The Kier molecular flexibility index (Phi) is 4.13. The monoisotopic (exact) mass is 253 g/mol. The molecule has 0 spiro atoms. The van der Waals surface area contributed by atoms with E-state index < -0.39 is 0 Å². The molecule has 0 saturated carbocycles. The van der Waals surface area contributed by atoms with Gasteiger partial charge in [0.15, 0.2) is 0 Å². The van der Waals surface area contributed by atoms with Crippen molar-refractivity contribution in [3.8, 4) is 0 Å². The molecule has 0 amide bonds. The molecule has 1 aliphatic rings. The Labute approximate surface area is 108 Å². The Morgan fingerprint density at radius 2 is 1.94 bits per heavy atom. The number of hydrogen-bond acceptors (Lipinski definition) is 3. The molecule has 4 heteroatoms. The molecule has 0 bridgehead atoms. The van der Waals surface area contributed by atoms with E-state index >= 15 is 0 Å². The third-order valence-corrected chi connectivity index (χ3v) is 3.61. The summed E-state index contributed by atoms with van der Waals surface area (Å²) in [5.41, 5.74) is 7.80. The standard InChI is InChI=1S/C13H20ClN3/c1-2-6-16-7-9-17(10-8-16)12-5-3-4-11(14)13(12)15/h3-5H,2,6-10,15H2,1H3. The second-order valence-corrected chi connectivity index (χ2v) is 4.91. The Bertz CT molecular complexity index is 373. The van der Waals surface area contributed by atoms with Crippen LogP contribution >= 0.6 is 11.6 Å². The summed E-state index contributed by atoms with van der Waals surface area (Å²) >= 11 is 6.05. The molecular formula is C13H20ClN3. The fraction of sp³-hybridized carbons (Fsp3) is 0.538. The molecule has 2 rings (SSSR count). The number of piperazine rings is 1. The van der Waals surface area contributed by atoms with Crippen molar-refractivity contribution in [3.05, 3.63) is 23.2 Å². The van der Waals surface area contributed by atoms with Crippen molar-refractivity contribution in [1.82, 2.24) is 4.90 Å². The molecule has 0 radical (unpaired) electrons. The predicted molar refractivity (Wildman–Crippen MR) is 74.8 cm³/mol. The quantitative estimate of drug-likeness (QED) is 0.840. The van der Waals surface area contributed by atoms with Crippen molar-refractivity contribution in [3.63, 3.8) is 0 Å². The van der Waals surface area contributed by atoms with Crippen LogP contribution < -0.4 is 10.6 Å². The fourth-order valence-corrected chi connectivity index (χ4v) is 2.50. The second kappa shape index (κ2) is 5.61. The maximum atomic E-state index is 6.05. The molecule has 0 atom stereocenters. The van der Waals surface area contributed by atoms with Crippen LogP contribution in [0, 0.1) is 0 Å². The Morgan fingerprint density at radius 3 is 2.59 bits per heavy atom. The van der Waals surface area contributed by atoms with Crippen molar-refractivity contribution in [2.24, 2.45) is 0 Å². The Hall–Kier alpha value is -0.930. The summed E-state index contributed by atoms with van der Waals surface area (Å²) in [4.78, 5) is 4.82. The van der Waals surface area contributed by atoms with Gasteiger partial charge in [0.2, 0.25) is 0 Å². The number of hydrogen-bond donors (Lipinski definition) is 1. The lowest BCUT2D eigenvalue weighted by Crippen LogP contribution is -2.46. The lowest BCUT2D eigenvalue weighted by atomic mass is 10.2. The van der Waals surface area contributed by atoms with Crippen LogP contribution in [0.4, 0.5) is 11.4 Å². The van der Waals surface area contributed by atoms with E-state index in [4.69, 9.17) is 17.3 Å². The van der Waals surface area contributed by atoms with Gasteiger partial charge < -0.3 is 10.6 Å². The van der Waals surface area contributed by atoms with E-state index in [0.717, 1.165) is 31.9 Å². The van der Waals surface area contributed by atoms with Gasteiger partial charge in [0, 0.05) is 26.2 Å². The highest BCUT2D eigenvalue weighted by molar-refractivity contribution is 6.33. The summed E-state index contributed by atoms with van der Waals surface area (Å²) < 4.78 is 0. The van der Waals surface area contributed by atoms with E-state index in [9.17, 15) is 0 Å². The van der Waals surface area contributed by atoms with Crippen LogP contribution in [0.3, 0.4) is 0 Å². The highest BCUT2D eigenvalue weighted by Crippen LogP contribution is 2.30. The summed E-state index contributed by atoms with van der Waals surface area (Å²) in [6, 6.07) is 5.86. The second-order valence-electron chi connectivity index (χ2n) is 4.50. The van der Waals surface area contributed by atoms with Gasteiger partial charge in [-0.05, 0) is 25.1 Å². The number of halogens is 1. The zero-order valence-corrected chi connectivity index (χ0v) is 11.1. The number of anilines is 2. The molecule has 1 saturated heterocycles. The highest BCUT2D eigenvalue weighted by atomic mass is 35.5. The van der Waals surface area contributed by atoms with Gasteiger partial charge in [-0.1, -0.05) is 24.6 Å². The lowest BCUT2D eigenvalue weighted by molar-refractivity contribution is 0.258. The zero-order chi connectivity index (χ0) is 12.3. The fourth-order valence-electron chi connectivity index (χ4n) is 2.33. The molecule has 2 N–H and O–H groups in total. The van der Waals surface area contributed by atoms with E-state index in [0.29, 0.717) is 10.7 Å². The molecule has 94 valence electrons. The van der Waals surface area contributed by atoms with Gasteiger partial charge in [-0.2, -0.15) is 0 Å². The third kappa shape index (κ3) is 2.85. The van der Waals surface area contributed by atoms with E-state index in [1.807, 2.05) is 12.1 Å². The SMILES string of the molecule is CCCN1CCN(c2cccc(Cl)c2N)CC1. The molecule has 0 aromatic heterocycles. The number of nitrogen functional groups attached to an aromatic ring is 1. The summed E-state index contributed by atoms with van der Waals surface area (Å²) in [6.07, 6.45) is 1.22. The van der Waals surface area contributed by atoms with Crippen molar-refractivity contribution in [2.45, 2.75) is 13.3 Å². The van der Waals surface area contributed by atoms with Gasteiger partial charge in [0.1, 0.15) is 0 Å². The molecule has 0 unspecified atom stereocenters. The zero-order valence-electron chi connectivity index (χ0n) is 10.3. The average molecular weight is 254 g/mol. The van der Waals surface area contributed by atoms with Crippen LogP contribution in [0.2, 0.25) is 5.02 Å². The van der Waals surface area contributed by atoms with Gasteiger partial charge in [-0.25, -0.2) is 0 Å². The summed E-state index contributed by atoms with van der Waals surface area (Å²) in [6.45, 7) is 7.70. The van der Waals surface area contributed by atoms with Crippen LogP contribution in [-0.4, -0.2) is 37.6 Å². The van der Waals surface area contributed by atoms with E-state index in [2.05, 4.69) is 22.8 Å². The highest BCUT2D eigenvalue weighted by Gasteiger charge is 2.18. The largest absolute Gasteiger partial charge is 0.396 e. The third-order valence-electron chi connectivity index (χ3n) is 3.28. The molecule has 17 heavy (non-hydrogen) atoms. The summed E-state index contributed by atoms with van der Waals surface area (Å²) in [7, 11) is 0. The van der Waals surface area contributed by atoms with Crippen LogP contribution in [-0.2, 0) is 0 Å². The number of benzene rings is 1. The van der Waals surface area contributed by atoms with Crippen molar-refractivity contribution < 1.29 is 0 Å².